The van der Waals surface area contributed by atoms with Crippen molar-refractivity contribution in [2.24, 2.45) is 0 Å². The van der Waals surface area contributed by atoms with Crippen molar-refractivity contribution in [2.45, 2.75) is 24.7 Å². The van der Waals surface area contributed by atoms with Gasteiger partial charge in [-0.1, -0.05) is 0 Å². The molecule has 0 bridgehead atoms. The monoisotopic (exact) mass is 453 g/mol. The van der Waals surface area contributed by atoms with E-state index in [-0.39, 0.29) is 34.9 Å². The molecule has 1 aliphatic heterocycles. The van der Waals surface area contributed by atoms with Crippen molar-refractivity contribution in [1.82, 2.24) is 19.5 Å². The first-order chi connectivity index (χ1) is 15.2. The van der Waals surface area contributed by atoms with E-state index in [4.69, 9.17) is 4.74 Å². The number of phenols is 1. The Bertz CT molecular complexity index is 1150. The van der Waals surface area contributed by atoms with Crippen molar-refractivity contribution in [2.75, 3.05) is 25.5 Å². The summed E-state index contributed by atoms with van der Waals surface area (Å²) in [5.74, 6) is -1.18. The average molecular weight is 453 g/mol. The van der Waals surface area contributed by atoms with E-state index in [1.165, 1.54) is 16.7 Å². The smallest absolute Gasteiger partial charge is 0.416 e. The van der Waals surface area contributed by atoms with Gasteiger partial charge < -0.3 is 20.1 Å². The third-order valence-corrected chi connectivity index (χ3v) is 5.29. The van der Waals surface area contributed by atoms with E-state index in [9.17, 15) is 27.5 Å². The zero-order valence-corrected chi connectivity index (χ0v) is 16.8. The molecule has 0 saturated carbocycles. The molecule has 2 atom stereocenters. The number of carbonyl (C=O) groups is 1. The van der Waals surface area contributed by atoms with Crippen molar-refractivity contribution in [3.63, 3.8) is 0 Å². The summed E-state index contributed by atoms with van der Waals surface area (Å²) in [5.41, 5.74) is -1.28. The molecule has 2 N–H and O–H groups in total. The van der Waals surface area contributed by atoms with E-state index in [0.717, 1.165) is 12.1 Å². The predicted molar refractivity (Wildman–Crippen MR) is 106 cm³/mol. The molecule has 32 heavy (non-hydrogen) atoms. The Balaban J connectivity index is 1.69. The highest BCUT2D eigenvalue weighted by Gasteiger charge is 2.32. The second-order valence-corrected chi connectivity index (χ2v) is 7.64. The lowest BCUT2D eigenvalue weighted by Crippen LogP contribution is -2.47. The first-order valence-electron chi connectivity index (χ1n) is 9.65. The summed E-state index contributed by atoms with van der Waals surface area (Å²) in [4.78, 5) is 12.6. The van der Waals surface area contributed by atoms with Crippen LogP contribution in [0.15, 0.2) is 30.5 Å². The highest BCUT2D eigenvalue weighted by Crippen LogP contribution is 2.38. The number of fused-ring (bicyclic) bond motifs is 1. The SMILES string of the molecule is CN1C[C@H](Nc2nnc(-c3ccc(C(F)(F)F)cc3O)c3c(F)ccn23)C[C@@H](OC=O)C1. The molecule has 0 aliphatic carbocycles. The first-order valence-corrected chi connectivity index (χ1v) is 9.65. The van der Waals surface area contributed by atoms with E-state index in [1.54, 1.807) is 0 Å². The number of likely N-dealkylation sites (N-methyl/N-ethyl adjacent to an activating group) is 1. The largest absolute Gasteiger partial charge is 0.507 e. The third-order valence-electron chi connectivity index (χ3n) is 5.29. The lowest BCUT2D eigenvalue weighted by molar-refractivity contribution is -0.138. The van der Waals surface area contributed by atoms with Gasteiger partial charge in [0.2, 0.25) is 5.95 Å². The quantitative estimate of drug-likeness (QED) is 0.453. The Kier molecular flexibility index (Phi) is 5.63. The van der Waals surface area contributed by atoms with Crippen molar-refractivity contribution < 1.29 is 32.2 Å². The molecular formula is C20H19F4N5O3. The van der Waals surface area contributed by atoms with Gasteiger partial charge in [-0.15, -0.1) is 10.2 Å². The molecule has 1 aromatic carbocycles. The zero-order chi connectivity index (χ0) is 23.0. The summed E-state index contributed by atoms with van der Waals surface area (Å²) in [6, 6.07) is 3.35. The molecule has 1 aliphatic rings. The molecule has 3 heterocycles. The molecular weight excluding hydrogens is 434 g/mol. The van der Waals surface area contributed by atoms with Gasteiger partial charge in [0.1, 0.15) is 23.1 Å². The summed E-state index contributed by atoms with van der Waals surface area (Å²) >= 11 is 0. The van der Waals surface area contributed by atoms with Gasteiger partial charge in [-0.25, -0.2) is 4.39 Å². The number of phenolic OH excluding ortho intramolecular Hbond substituents is 1. The average Bonchev–Trinajstić information content (AvgIpc) is 3.10. The Morgan fingerprint density at radius 1 is 1.25 bits per heavy atom. The van der Waals surface area contributed by atoms with Crippen LogP contribution in [0.25, 0.3) is 16.8 Å². The fraction of sp³-hybridized carbons (Fsp3) is 0.350. The number of aromatic nitrogens is 3. The Hall–Kier alpha value is -3.41. The minimum absolute atomic E-state index is 0.0533. The van der Waals surface area contributed by atoms with Gasteiger partial charge in [-0.05, 0) is 31.3 Å². The Morgan fingerprint density at radius 3 is 2.72 bits per heavy atom. The van der Waals surface area contributed by atoms with Crippen LogP contribution < -0.4 is 5.32 Å². The van der Waals surface area contributed by atoms with Gasteiger partial charge in [0.05, 0.1) is 5.56 Å². The standard InChI is InChI=1S/C20H19F4N5O3/c1-28-8-12(7-13(9-28)32-10-30)25-19-27-26-17(18-15(21)4-5-29(18)19)14-3-2-11(6-16(14)31)20(22,23)24/h2-6,10,12-13,31H,7-9H2,1H3,(H,25,27)/t12-,13-/m1/s1. The minimum Gasteiger partial charge on any atom is -0.507 e. The molecule has 8 nitrogen and oxygen atoms in total. The normalized spacial score (nSPS) is 19.8. The number of aromatic hydroxyl groups is 1. The fourth-order valence-corrected chi connectivity index (χ4v) is 3.92. The predicted octanol–water partition coefficient (Wildman–Crippen LogP) is 2.92. The van der Waals surface area contributed by atoms with E-state index < -0.39 is 23.3 Å². The van der Waals surface area contributed by atoms with Gasteiger partial charge >= 0.3 is 6.18 Å². The maximum atomic E-state index is 14.6. The molecule has 2 aromatic heterocycles. The number of hydrogen-bond acceptors (Lipinski definition) is 7. The van der Waals surface area contributed by atoms with Crippen LogP contribution in [-0.4, -0.2) is 63.4 Å². The maximum absolute atomic E-state index is 14.6. The van der Waals surface area contributed by atoms with Gasteiger partial charge in [0.15, 0.2) is 5.82 Å². The highest BCUT2D eigenvalue weighted by atomic mass is 19.4. The second-order valence-electron chi connectivity index (χ2n) is 7.64. The van der Waals surface area contributed by atoms with E-state index >= 15 is 0 Å². The second kappa shape index (κ2) is 8.26. The molecule has 0 spiro atoms. The van der Waals surface area contributed by atoms with Gasteiger partial charge in [-0.3, -0.25) is 9.20 Å². The van der Waals surface area contributed by atoms with Crippen LogP contribution in [0.5, 0.6) is 5.75 Å². The summed E-state index contributed by atoms with van der Waals surface area (Å²) in [7, 11) is 1.86. The summed E-state index contributed by atoms with van der Waals surface area (Å²) < 4.78 is 59.8. The summed E-state index contributed by atoms with van der Waals surface area (Å²) in [6.07, 6.45) is -3.06. The number of ether oxygens (including phenoxy) is 1. The number of hydrogen-bond donors (Lipinski definition) is 2. The number of nitrogens with zero attached hydrogens (tertiary/aromatic N) is 4. The van der Waals surface area contributed by atoms with Crippen LogP contribution in [-0.2, 0) is 15.7 Å². The summed E-state index contributed by atoms with van der Waals surface area (Å²) in [6.45, 7) is 1.57. The molecule has 3 aromatic rings. The fourth-order valence-electron chi connectivity index (χ4n) is 3.92. The number of halogens is 4. The van der Waals surface area contributed by atoms with Crippen LogP contribution in [0, 0.1) is 5.82 Å². The molecule has 1 fully saturated rings. The van der Waals surface area contributed by atoms with Crippen molar-refractivity contribution >= 4 is 17.9 Å². The number of piperidine rings is 1. The maximum Gasteiger partial charge on any atom is 0.416 e. The van der Waals surface area contributed by atoms with Crippen molar-refractivity contribution in [3.8, 4) is 17.0 Å². The number of alkyl halides is 3. The zero-order valence-electron chi connectivity index (χ0n) is 16.8. The first kappa shape index (κ1) is 21.8. The van der Waals surface area contributed by atoms with Crippen LogP contribution in [0.4, 0.5) is 23.5 Å². The molecule has 12 heteroatoms. The van der Waals surface area contributed by atoms with E-state index in [0.29, 0.717) is 32.0 Å². The number of rotatable bonds is 5. The number of likely N-dealkylation sites (tertiary alicyclic amines) is 1. The molecule has 0 unspecified atom stereocenters. The topological polar surface area (TPSA) is 92.0 Å². The van der Waals surface area contributed by atoms with Crippen molar-refractivity contribution in [3.05, 3.63) is 41.8 Å². The minimum atomic E-state index is -4.64. The lowest BCUT2D eigenvalue weighted by atomic mass is 10.0. The van der Waals surface area contributed by atoms with Crippen LogP contribution >= 0.6 is 0 Å². The van der Waals surface area contributed by atoms with E-state index in [2.05, 4.69) is 15.5 Å². The third kappa shape index (κ3) is 4.17. The molecule has 1 saturated heterocycles. The van der Waals surface area contributed by atoms with Gasteiger partial charge in [0, 0.05) is 37.3 Å². The molecule has 4 rings (SSSR count). The Morgan fingerprint density at radius 2 is 2.03 bits per heavy atom. The molecule has 0 radical (unpaired) electrons. The number of benzene rings is 1. The number of nitrogens with one attached hydrogen (secondary N) is 1. The summed E-state index contributed by atoms with van der Waals surface area (Å²) in [5, 5.41) is 21.4. The van der Waals surface area contributed by atoms with Crippen LogP contribution in [0.1, 0.15) is 12.0 Å². The molecule has 0 amide bonds. The van der Waals surface area contributed by atoms with Gasteiger partial charge in [-0.2, -0.15) is 13.2 Å². The Labute approximate surface area is 179 Å². The highest BCUT2D eigenvalue weighted by molar-refractivity contribution is 5.81. The lowest BCUT2D eigenvalue weighted by Gasteiger charge is -2.35. The van der Waals surface area contributed by atoms with E-state index in [1.807, 2.05) is 11.9 Å². The van der Waals surface area contributed by atoms with Crippen molar-refractivity contribution in [1.29, 1.82) is 0 Å². The van der Waals surface area contributed by atoms with Crippen LogP contribution in [0.2, 0.25) is 0 Å². The van der Waals surface area contributed by atoms with Gasteiger partial charge in [0.25, 0.3) is 6.47 Å². The number of anilines is 1. The molecule has 170 valence electrons. The number of carbonyl (C=O) groups excluding carboxylic acids is 1. The van der Waals surface area contributed by atoms with Crippen LogP contribution in [0.3, 0.4) is 0 Å².